The molecule has 0 unspecified atom stereocenters. The molecular formula is C15H14N2O4S2. The van der Waals surface area contributed by atoms with E-state index in [1.807, 2.05) is 0 Å². The van der Waals surface area contributed by atoms with Crippen LogP contribution in [-0.2, 0) is 9.84 Å². The molecule has 2 aromatic heterocycles. The van der Waals surface area contributed by atoms with Crippen molar-refractivity contribution in [3.63, 3.8) is 0 Å². The molecule has 0 N–H and O–H groups in total. The van der Waals surface area contributed by atoms with Crippen molar-refractivity contribution in [3.8, 4) is 11.7 Å². The van der Waals surface area contributed by atoms with Crippen molar-refractivity contribution in [1.29, 1.82) is 0 Å². The Morgan fingerprint density at radius 1 is 1.04 bits per heavy atom. The summed E-state index contributed by atoms with van der Waals surface area (Å²) in [5.74, 6) is 1.49. The third-order valence-corrected chi connectivity index (χ3v) is 5.74. The molecule has 0 saturated heterocycles. The number of furan rings is 1. The predicted molar refractivity (Wildman–Crippen MR) is 85.8 cm³/mol. The Bertz CT molecular complexity index is 843. The van der Waals surface area contributed by atoms with Crippen LogP contribution in [0.15, 0.2) is 67.7 Å². The quantitative estimate of drug-likeness (QED) is 0.477. The van der Waals surface area contributed by atoms with Crippen molar-refractivity contribution >= 4 is 21.6 Å². The van der Waals surface area contributed by atoms with Gasteiger partial charge in [0.2, 0.25) is 0 Å². The van der Waals surface area contributed by atoms with Crippen molar-refractivity contribution in [1.82, 2.24) is 10.2 Å². The highest BCUT2D eigenvalue weighted by molar-refractivity contribution is 7.99. The highest BCUT2D eigenvalue weighted by Gasteiger charge is 2.14. The van der Waals surface area contributed by atoms with Crippen molar-refractivity contribution in [2.75, 3.05) is 11.5 Å². The average molecular weight is 350 g/mol. The minimum atomic E-state index is -3.24. The first-order valence-corrected chi connectivity index (χ1v) is 9.57. The van der Waals surface area contributed by atoms with Gasteiger partial charge in [-0.1, -0.05) is 30.0 Å². The van der Waals surface area contributed by atoms with Crippen LogP contribution in [0.25, 0.3) is 11.7 Å². The topological polar surface area (TPSA) is 86.2 Å². The maximum Gasteiger partial charge on any atom is 0.284 e. The van der Waals surface area contributed by atoms with E-state index < -0.39 is 9.84 Å². The van der Waals surface area contributed by atoms with E-state index in [0.717, 1.165) is 0 Å². The van der Waals surface area contributed by atoms with Gasteiger partial charge in [0.1, 0.15) is 0 Å². The van der Waals surface area contributed by atoms with Gasteiger partial charge in [0, 0.05) is 5.75 Å². The van der Waals surface area contributed by atoms with Gasteiger partial charge < -0.3 is 8.83 Å². The normalized spacial score (nSPS) is 11.7. The lowest BCUT2D eigenvalue weighted by Crippen LogP contribution is -2.07. The van der Waals surface area contributed by atoms with Crippen LogP contribution in [-0.4, -0.2) is 30.1 Å². The van der Waals surface area contributed by atoms with Gasteiger partial charge in [-0.15, -0.1) is 10.2 Å². The average Bonchev–Trinajstić information content (AvgIpc) is 3.24. The highest BCUT2D eigenvalue weighted by Crippen LogP contribution is 2.24. The predicted octanol–water partition coefficient (Wildman–Crippen LogP) is 3.29. The maximum atomic E-state index is 12.1. The van der Waals surface area contributed by atoms with Crippen molar-refractivity contribution in [2.24, 2.45) is 0 Å². The SMILES string of the molecule is O=S(=O)(CCCSc1nnc(-c2ccco2)o1)c1ccccc1. The number of sulfone groups is 1. The maximum absolute atomic E-state index is 12.1. The van der Waals surface area contributed by atoms with Crippen LogP contribution in [0.5, 0.6) is 0 Å². The van der Waals surface area contributed by atoms with Crippen LogP contribution in [0.4, 0.5) is 0 Å². The van der Waals surface area contributed by atoms with Crippen LogP contribution < -0.4 is 0 Å². The molecule has 0 radical (unpaired) electrons. The van der Waals surface area contributed by atoms with Crippen molar-refractivity contribution in [3.05, 3.63) is 48.7 Å². The molecule has 6 nitrogen and oxygen atoms in total. The molecule has 0 aliphatic carbocycles. The second kappa shape index (κ2) is 7.01. The van der Waals surface area contributed by atoms with Gasteiger partial charge in [-0.25, -0.2) is 8.42 Å². The zero-order valence-corrected chi connectivity index (χ0v) is 13.7. The summed E-state index contributed by atoms with van der Waals surface area (Å²) in [6, 6.07) is 11.9. The Kier molecular flexibility index (Phi) is 4.82. The molecule has 0 atom stereocenters. The third kappa shape index (κ3) is 4.02. The smallest absolute Gasteiger partial charge is 0.284 e. The first-order chi connectivity index (χ1) is 11.1. The van der Waals surface area contributed by atoms with Gasteiger partial charge in [0.15, 0.2) is 15.6 Å². The van der Waals surface area contributed by atoms with Gasteiger partial charge in [-0.05, 0) is 30.7 Å². The Morgan fingerprint density at radius 2 is 1.87 bits per heavy atom. The van der Waals surface area contributed by atoms with Gasteiger partial charge in [0.05, 0.1) is 16.9 Å². The summed E-state index contributed by atoms with van der Waals surface area (Å²) < 4.78 is 34.9. The van der Waals surface area contributed by atoms with Crippen LogP contribution in [0.2, 0.25) is 0 Å². The molecule has 0 aliphatic rings. The number of thioether (sulfide) groups is 1. The fourth-order valence-corrected chi connectivity index (χ4v) is 4.14. The molecule has 120 valence electrons. The van der Waals surface area contributed by atoms with E-state index in [9.17, 15) is 8.42 Å². The van der Waals surface area contributed by atoms with Crippen LogP contribution in [0, 0.1) is 0 Å². The lowest BCUT2D eigenvalue weighted by atomic mass is 10.4. The first-order valence-electron chi connectivity index (χ1n) is 6.93. The summed E-state index contributed by atoms with van der Waals surface area (Å²) in [5, 5.41) is 8.18. The summed E-state index contributed by atoms with van der Waals surface area (Å²) in [4.78, 5) is 0.350. The molecular weight excluding hydrogens is 336 g/mol. The van der Waals surface area contributed by atoms with Crippen molar-refractivity contribution in [2.45, 2.75) is 16.5 Å². The lowest BCUT2D eigenvalue weighted by Gasteiger charge is -2.03. The van der Waals surface area contributed by atoms with E-state index in [0.29, 0.717) is 33.9 Å². The summed E-state index contributed by atoms with van der Waals surface area (Å²) in [6.45, 7) is 0. The fourth-order valence-electron chi connectivity index (χ4n) is 1.92. The Hall–Kier alpha value is -2.06. The molecule has 0 spiro atoms. The molecule has 0 amide bonds. The summed E-state index contributed by atoms with van der Waals surface area (Å²) >= 11 is 1.33. The monoisotopic (exact) mass is 350 g/mol. The second-order valence-electron chi connectivity index (χ2n) is 4.68. The molecule has 0 saturated carbocycles. The summed E-state index contributed by atoms with van der Waals surface area (Å²) in [7, 11) is -3.24. The molecule has 2 heterocycles. The molecule has 8 heteroatoms. The minimum Gasteiger partial charge on any atom is -0.459 e. The van der Waals surface area contributed by atoms with E-state index >= 15 is 0 Å². The largest absolute Gasteiger partial charge is 0.459 e. The zero-order valence-electron chi connectivity index (χ0n) is 12.1. The fraction of sp³-hybridized carbons (Fsp3) is 0.200. The lowest BCUT2D eigenvalue weighted by molar-refractivity contribution is 0.447. The minimum absolute atomic E-state index is 0.0865. The van der Waals surface area contributed by atoms with Gasteiger partial charge in [-0.2, -0.15) is 0 Å². The zero-order chi connectivity index (χ0) is 16.1. The van der Waals surface area contributed by atoms with E-state index in [2.05, 4.69) is 10.2 Å². The van der Waals surface area contributed by atoms with Gasteiger partial charge in [-0.3, -0.25) is 0 Å². The van der Waals surface area contributed by atoms with E-state index in [4.69, 9.17) is 8.83 Å². The molecule has 3 aromatic rings. The molecule has 23 heavy (non-hydrogen) atoms. The molecule has 0 bridgehead atoms. The molecule has 0 aliphatic heterocycles. The Labute approximate surface area is 137 Å². The summed E-state index contributed by atoms with van der Waals surface area (Å²) in [6.07, 6.45) is 2.03. The van der Waals surface area contributed by atoms with Crippen LogP contribution in [0.3, 0.4) is 0 Å². The number of hydrogen-bond acceptors (Lipinski definition) is 7. The molecule has 1 aromatic carbocycles. The number of nitrogens with zero attached hydrogens (tertiary/aromatic N) is 2. The Balaban J connectivity index is 1.51. The number of benzene rings is 1. The van der Waals surface area contributed by atoms with Crippen molar-refractivity contribution < 1.29 is 17.3 Å². The van der Waals surface area contributed by atoms with Crippen LogP contribution >= 0.6 is 11.8 Å². The van der Waals surface area contributed by atoms with Gasteiger partial charge in [0.25, 0.3) is 11.1 Å². The third-order valence-electron chi connectivity index (χ3n) is 3.02. The number of aromatic nitrogens is 2. The van der Waals surface area contributed by atoms with E-state index in [-0.39, 0.29) is 5.75 Å². The van der Waals surface area contributed by atoms with E-state index in [1.54, 1.807) is 42.5 Å². The Morgan fingerprint density at radius 3 is 2.61 bits per heavy atom. The molecule has 0 fully saturated rings. The number of rotatable bonds is 7. The highest BCUT2D eigenvalue weighted by atomic mass is 32.2. The molecule has 3 rings (SSSR count). The van der Waals surface area contributed by atoms with Gasteiger partial charge >= 0.3 is 0 Å². The standard InChI is InChI=1S/C15H14N2O4S2/c18-23(19,12-6-2-1-3-7-12)11-5-10-22-15-17-16-14(21-15)13-8-4-9-20-13/h1-4,6-9H,5,10-11H2. The number of hydrogen-bond donors (Lipinski definition) is 0. The van der Waals surface area contributed by atoms with E-state index in [1.165, 1.54) is 18.0 Å². The van der Waals surface area contributed by atoms with Crippen LogP contribution in [0.1, 0.15) is 6.42 Å². The summed E-state index contributed by atoms with van der Waals surface area (Å²) in [5.41, 5.74) is 0. The second-order valence-corrected chi connectivity index (χ2v) is 7.84. The first kappa shape index (κ1) is 15.8.